The molecule has 0 spiro atoms. The molecule has 0 amide bonds. The van der Waals surface area contributed by atoms with E-state index in [4.69, 9.17) is 4.74 Å². The minimum atomic E-state index is 0. The highest BCUT2D eigenvalue weighted by molar-refractivity contribution is 14.0. The van der Waals surface area contributed by atoms with Crippen LogP contribution in [-0.2, 0) is 24.2 Å². The van der Waals surface area contributed by atoms with Crippen LogP contribution in [0.1, 0.15) is 51.8 Å². The molecule has 0 saturated carbocycles. The molecule has 1 fully saturated rings. The normalized spacial score (nSPS) is 18.2. The summed E-state index contributed by atoms with van der Waals surface area (Å²) in [5, 5.41) is 11.4. The molecule has 32 heavy (non-hydrogen) atoms. The lowest BCUT2D eigenvalue weighted by Gasteiger charge is -2.39. The first-order chi connectivity index (χ1) is 15.2. The molecule has 9 nitrogen and oxygen atoms in total. The van der Waals surface area contributed by atoms with Gasteiger partial charge in [0, 0.05) is 58.8 Å². The van der Waals surface area contributed by atoms with Gasteiger partial charge in [0.25, 0.3) is 0 Å². The van der Waals surface area contributed by atoms with Crippen LogP contribution in [0.3, 0.4) is 0 Å². The average molecular weight is 564 g/mol. The SMILES string of the molecule is CCC(CC)C(CNC(=NC)NCCCn1nc2n(c1=O)CCCC2)N1CCOCC1.I. The molecule has 1 saturated heterocycles. The highest BCUT2D eigenvalue weighted by atomic mass is 127. The van der Waals surface area contributed by atoms with Gasteiger partial charge < -0.3 is 15.4 Å². The van der Waals surface area contributed by atoms with E-state index in [0.717, 1.165) is 83.4 Å². The Morgan fingerprint density at radius 2 is 1.91 bits per heavy atom. The summed E-state index contributed by atoms with van der Waals surface area (Å²) in [5.74, 6) is 2.42. The van der Waals surface area contributed by atoms with E-state index >= 15 is 0 Å². The van der Waals surface area contributed by atoms with Crippen LogP contribution >= 0.6 is 24.0 Å². The predicted molar refractivity (Wildman–Crippen MR) is 139 cm³/mol. The van der Waals surface area contributed by atoms with Crippen molar-refractivity contribution in [1.82, 2.24) is 29.9 Å². The third kappa shape index (κ3) is 7.18. The molecule has 0 bridgehead atoms. The number of morpholine rings is 1. The molecule has 2 aliphatic heterocycles. The van der Waals surface area contributed by atoms with E-state index in [1.54, 1.807) is 4.68 Å². The highest BCUT2D eigenvalue weighted by Crippen LogP contribution is 2.19. The van der Waals surface area contributed by atoms with Crippen LogP contribution in [-0.4, -0.2) is 77.7 Å². The molecule has 0 radical (unpaired) electrons. The number of guanidine groups is 1. The second kappa shape index (κ2) is 14.2. The summed E-state index contributed by atoms with van der Waals surface area (Å²) in [6.45, 7) is 11.3. The van der Waals surface area contributed by atoms with Crippen molar-refractivity contribution in [2.45, 2.75) is 71.5 Å². The third-order valence-electron chi connectivity index (χ3n) is 6.68. The Morgan fingerprint density at radius 3 is 2.56 bits per heavy atom. The highest BCUT2D eigenvalue weighted by Gasteiger charge is 2.27. The number of hydrogen-bond acceptors (Lipinski definition) is 5. The Bertz CT molecular complexity index is 754. The van der Waals surface area contributed by atoms with Gasteiger partial charge in [-0.1, -0.05) is 26.7 Å². The summed E-state index contributed by atoms with van der Waals surface area (Å²) in [5.41, 5.74) is 0.0377. The van der Waals surface area contributed by atoms with Crippen molar-refractivity contribution in [3.63, 3.8) is 0 Å². The first-order valence-corrected chi connectivity index (χ1v) is 12.1. The van der Waals surface area contributed by atoms with Crippen molar-refractivity contribution in [2.75, 3.05) is 46.4 Å². The van der Waals surface area contributed by atoms with E-state index in [1.807, 2.05) is 11.6 Å². The van der Waals surface area contributed by atoms with Gasteiger partial charge in [-0.15, -0.1) is 24.0 Å². The van der Waals surface area contributed by atoms with Crippen LogP contribution < -0.4 is 16.3 Å². The van der Waals surface area contributed by atoms with Crippen LogP contribution in [0.5, 0.6) is 0 Å². The fourth-order valence-electron chi connectivity index (χ4n) is 4.79. The van der Waals surface area contributed by atoms with Crippen LogP contribution in [0.2, 0.25) is 0 Å². The number of aromatic nitrogens is 3. The van der Waals surface area contributed by atoms with Crippen molar-refractivity contribution in [3.8, 4) is 0 Å². The first-order valence-electron chi connectivity index (χ1n) is 12.1. The largest absolute Gasteiger partial charge is 0.379 e. The minimum absolute atomic E-state index is 0. The molecule has 1 aromatic rings. The van der Waals surface area contributed by atoms with Crippen LogP contribution in [0.4, 0.5) is 0 Å². The first kappa shape index (κ1) is 27.1. The number of nitrogens with one attached hydrogen (secondary N) is 2. The molecule has 2 aliphatic rings. The van der Waals surface area contributed by atoms with Crippen LogP contribution in [0, 0.1) is 5.92 Å². The Labute approximate surface area is 209 Å². The summed E-state index contributed by atoms with van der Waals surface area (Å²) in [6.07, 6.45) is 6.30. The number of nitrogens with zero attached hydrogens (tertiary/aromatic N) is 5. The number of aliphatic imine (C=N–C) groups is 1. The van der Waals surface area contributed by atoms with Crippen LogP contribution in [0.25, 0.3) is 0 Å². The summed E-state index contributed by atoms with van der Waals surface area (Å²) in [6, 6.07) is 0.480. The van der Waals surface area contributed by atoms with Gasteiger partial charge in [0.05, 0.1) is 13.2 Å². The van der Waals surface area contributed by atoms with Gasteiger partial charge in [-0.25, -0.2) is 9.48 Å². The molecule has 1 atom stereocenters. The minimum Gasteiger partial charge on any atom is -0.379 e. The number of rotatable bonds is 10. The lowest BCUT2D eigenvalue weighted by Crippen LogP contribution is -2.53. The van der Waals surface area contributed by atoms with E-state index < -0.39 is 0 Å². The van der Waals surface area contributed by atoms with Crippen molar-refractivity contribution >= 4 is 29.9 Å². The van der Waals surface area contributed by atoms with E-state index in [-0.39, 0.29) is 29.7 Å². The van der Waals surface area contributed by atoms with E-state index in [2.05, 4.69) is 39.5 Å². The Kier molecular flexibility index (Phi) is 12.0. The molecule has 1 unspecified atom stereocenters. The van der Waals surface area contributed by atoms with Crippen molar-refractivity contribution < 1.29 is 4.74 Å². The number of ether oxygens (including phenoxy) is 1. The molecule has 184 valence electrons. The topological polar surface area (TPSA) is 88.7 Å². The second-order valence-corrected chi connectivity index (χ2v) is 8.56. The molecule has 3 heterocycles. The summed E-state index contributed by atoms with van der Waals surface area (Å²) in [4.78, 5) is 19.4. The number of aryl methyl sites for hydroxylation is 2. The second-order valence-electron chi connectivity index (χ2n) is 8.56. The summed E-state index contributed by atoms with van der Waals surface area (Å²) >= 11 is 0. The lowest BCUT2D eigenvalue weighted by atomic mass is 9.92. The molecular formula is C22H42IN7O2. The van der Waals surface area contributed by atoms with E-state index in [9.17, 15) is 4.79 Å². The molecule has 0 aliphatic carbocycles. The molecule has 10 heteroatoms. The Hall–Kier alpha value is -1.14. The van der Waals surface area contributed by atoms with E-state index in [0.29, 0.717) is 18.5 Å². The zero-order chi connectivity index (χ0) is 22.1. The third-order valence-corrected chi connectivity index (χ3v) is 6.68. The number of halogens is 1. The molecule has 2 N–H and O–H groups in total. The van der Waals surface area contributed by atoms with Gasteiger partial charge in [0.15, 0.2) is 5.96 Å². The van der Waals surface area contributed by atoms with Gasteiger partial charge >= 0.3 is 5.69 Å². The molecular weight excluding hydrogens is 521 g/mol. The zero-order valence-electron chi connectivity index (χ0n) is 20.0. The van der Waals surface area contributed by atoms with Crippen molar-refractivity contribution in [1.29, 1.82) is 0 Å². The van der Waals surface area contributed by atoms with Crippen molar-refractivity contribution in [3.05, 3.63) is 16.3 Å². The molecule has 0 aromatic carbocycles. The molecule has 1 aromatic heterocycles. The maximum atomic E-state index is 12.4. The van der Waals surface area contributed by atoms with Gasteiger partial charge in [0.1, 0.15) is 5.82 Å². The lowest BCUT2D eigenvalue weighted by molar-refractivity contribution is 0.00272. The maximum Gasteiger partial charge on any atom is 0.345 e. The number of hydrogen-bond donors (Lipinski definition) is 2. The smallest absolute Gasteiger partial charge is 0.345 e. The fraction of sp³-hybridized carbons (Fsp3) is 0.864. The van der Waals surface area contributed by atoms with Gasteiger partial charge in [-0.3, -0.25) is 14.5 Å². The fourth-order valence-corrected chi connectivity index (χ4v) is 4.79. The standard InChI is InChI=1S/C22H41N7O2.HI/c1-4-18(5-2)19(27-13-15-31-16-14-27)17-25-21(23-3)24-10-8-12-29-22(30)28-11-7-6-9-20(28)26-29;/h18-19H,4-17H2,1-3H3,(H2,23,24,25);1H. The quantitative estimate of drug-likeness (QED) is 0.195. The van der Waals surface area contributed by atoms with Crippen molar-refractivity contribution in [2.24, 2.45) is 10.9 Å². The van der Waals surface area contributed by atoms with Crippen LogP contribution in [0.15, 0.2) is 9.79 Å². The average Bonchev–Trinajstić information content (AvgIpc) is 3.14. The Morgan fingerprint density at radius 1 is 1.16 bits per heavy atom. The van der Waals surface area contributed by atoms with E-state index in [1.165, 1.54) is 12.8 Å². The monoisotopic (exact) mass is 563 g/mol. The number of fused-ring (bicyclic) bond motifs is 1. The summed E-state index contributed by atoms with van der Waals surface area (Å²) < 4.78 is 9.01. The zero-order valence-corrected chi connectivity index (χ0v) is 22.3. The van der Waals surface area contributed by atoms with Gasteiger partial charge in [0.2, 0.25) is 0 Å². The molecule has 3 rings (SSSR count). The maximum absolute atomic E-state index is 12.4. The Balaban J connectivity index is 0.00000363. The van der Waals surface area contributed by atoms with Gasteiger partial charge in [-0.05, 0) is 25.2 Å². The predicted octanol–water partition coefficient (Wildman–Crippen LogP) is 1.69. The summed E-state index contributed by atoms with van der Waals surface area (Å²) in [7, 11) is 1.81. The van der Waals surface area contributed by atoms with Gasteiger partial charge in [-0.2, -0.15) is 5.10 Å².